The summed E-state index contributed by atoms with van der Waals surface area (Å²) in [6, 6.07) is 8.92. The van der Waals surface area contributed by atoms with Gasteiger partial charge in [0.25, 0.3) is 0 Å². The predicted octanol–water partition coefficient (Wildman–Crippen LogP) is 3.68. The van der Waals surface area contributed by atoms with Crippen molar-refractivity contribution in [2.75, 3.05) is 14.2 Å². The number of hydrogen-bond donors (Lipinski definition) is 1. The molecule has 0 bridgehead atoms. The van der Waals surface area contributed by atoms with Gasteiger partial charge in [0, 0.05) is 4.88 Å². The fraction of sp³-hybridized carbons (Fsp3) is 0.333. The SMILES string of the molecule is CNC(c1cc(C)c(OC)c(C)c1)c1cccs1. The van der Waals surface area contributed by atoms with Crippen LogP contribution in [-0.4, -0.2) is 14.2 Å². The summed E-state index contributed by atoms with van der Waals surface area (Å²) in [5.74, 6) is 0.986. The second-order valence-corrected chi connectivity index (χ2v) is 5.40. The smallest absolute Gasteiger partial charge is 0.124 e. The summed E-state index contributed by atoms with van der Waals surface area (Å²) in [6.07, 6.45) is 0. The predicted molar refractivity (Wildman–Crippen MR) is 77.7 cm³/mol. The summed E-state index contributed by atoms with van der Waals surface area (Å²) in [4.78, 5) is 1.33. The van der Waals surface area contributed by atoms with E-state index in [1.54, 1.807) is 18.4 Å². The Bertz CT molecular complexity index is 496. The summed E-state index contributed by atoms with van der Waals surface area (Å²) in [5.41, 5.74) is 3.66. The minimum Gasteiger partial charge on any atom is -0.496 e. The van der Waals surface area contributed by atoms with Crippen LogP contribution in [0.25, 0.3) is 0 Å². The van der Waals surface area contributed by atoms with Crippen LogP contribution < -0.4 is 10.1 Å². The zero-order valence-corrected chi connectivity index (χ0v) is 12.1. The Morgan fingerprint density at radius 2 is 1.89 bits per heavy atom. The third-order valence-corrected chi connectivity index (χ3v) is 4.07. The van der Waals surface area contributed by atoms with E-state index in [0.717, 1.165) is 5.75 Å². The summed E-state index contributed by atoms with van der Waals surface area (Å²) in [6.45, 7) is 4.19. The molecule has 2 aromatic rings. The lowest BCUT2D eigenvalue weighted by Crippen LogP contribution is -2.16. The van der Waals surface area contributed by atoms with Gasteiger partial charge in [-0.05, 0) is 49.0 Å². The zero-order chi connectivity index (χ0) is 13.1. The van der Waals surface area contributed by atoms with E-state index in [-0.39, 0.29) is 6.04 Å². The summed E-state index contributed by atoms with van der Waals surface area (Å²) in [5, 5.41) is 5.50. The van der Waals surface area contributed by atoms with Gasteiger partial charge < -0.3 is 10.1 Å². The first kappa shape index (κ1) is 13.1. The van der Waals surface area contributed by atoms with E-state index in [9.17, 15) is 0 Å². The minimum atomic E-state index is 0.258. The highest BCUT2D eigenvalue weighted by atomic mass is 32.1. The number of nitrogens with one attached hydrogen (secondary N) is 1. The lowest BCUT2D eigenvalue weighted by Gasteiger charge is -2.18. The lowest BCUT2D eigenvalue weighted by atomic mass is 9.99. The normalized spacial score (nSPS) is 12.4. The monoisotopic (exact) mass is 261 g/mol. The molecule has 1 aromatic heterocycles. The summed E-state index contributed by atoms with van der Waals surface area (Å²) in [7, 11) is 3.73. The molecule has 0 fully saturated rings. The van der Waals surface area contributed by atoms with E-state index < -0.39 is 0 Å². The number of thiophene rings is 1. The molecule has 0 aliphatic heterocycles. The van der Waals surface area contributed by atoms with Crippen LogP contribution >= 0.6 is 11.3 Å². The van der Waals surface area contributed by atoms with Crippen molar-refractivity contribution in [3.8, 4) is 5.75 Å². The lowest BCUT2D eigenvalue weighted by molar-refractivity contribution is 0.408. The van der Waals surface area contributed by atoms with Crippen LogP contribution in [-0.2, 0) is 0 Å². The molecule has 1 N–H and O–H groups in total. The van der Waals surface area contributed by atoms with Crippen molar-refractivity contribution in [2.45, 2.75) is 19.9 Å². The molecule has 1 heterocycles. The van der Waals surface area contributed by atoms with E-state index in [1.165, 1.54) is 21.6 Å². The number of ether oxygens (including phenoxy) is 1. The second kappa shape index (κ2) is 5.55. The molecule has 2 nitrogen and oxygen atoms in total. The molecular formula is C15H19NOS. The third kappa shape index (κ3) is 2.42. The van der Waals surface area contributed by atoms with E-state index in [1.807, 2.05) is 7.05 Å². The molecule has 3 heteroatoms. The molecule has 1 aromatic carbocycles. The highest BCUT2D eigenvalue weighted by Gasteiger charge is 2.15. The van der Waals surface area contributed by atoms with E-state index in [2.05, 4.69) is 48.8 Å². The van der Waals surface area contributed by atoms with Crippen LogP contribution in [0.1, 0.15) is 27.6 Å². The van der Waals surface area contributed by atoms with Crippen molar-refractivity contribution in [2.24, 2.45) is 0 Å². The van der Waals surface area contributed by atoms with Gasteiger partial charge in [-0.3, -0.25) is 0 Å². The quantitative estimate of drug-likeness (QED) is 0.906. The average molecular weight is 261 g/mol. The number of aryl methyl sites for hydroxylation is 2. The van der Waals surface area contributed by atoms with Gasteiger partial charge in [-0.2, -0.15) is 0 Å². The molecule has 0 aliphatic rings. The molecule has 0 saturated carbocycles. The van der Waals surface area contributed by atoms with Crippen LogP contribution in [0.3, 0.4) is 0 Å². The maximum atomic E-state index is 5.42. The molecule has 1 atom stereocenters. The van der Waals surface area contributed by atoms with E-state index in [4.69, 9.17) is 4.74 Å². The standard InChI is InChI=1S/C15H19NOS/c1-10-8-12(9-11(2)15(10)17-4)14(16-3)13-6-5-7-18-13/h5-9,14,16H,1-4H3. The van der Waals surface area contributed by atoms with Gasteiger partial charge in [0.15, 0.2) is 0 Å². The van der Waals surface area contributed by atoms with Gasteiger partial charge >= 0.3 is 0 Å². The van der Waals surface area contributed by atoms with E-state index in [0.29, 0.717) is 0 Å². The highest BCUT2D eigenvalue weighted by Crippen LogP contribution is 2.31. The van der Waals surface area contributed by atoms with Crippen molar-refractivity contribution >= 4 is 11.3 Å². The molecule has 0 spiro atoms. The van der Waals surface area contributed by atoms with Crippen LogP contribution in [0.2, 0.25) is 0 Å². The molecule has 0 radical (unpaired) electrons. The number of rotatable bonds is 4. The number of methoxy groups -OCH3 is 1. The van der Waals surface area contributed by atoms with Crippen molar-refractivity contribution in [1.29, 1.82) is 0 Å². The van der Waals surface area contributed by atoms with Crippen molar-refractivity contribution in [3.05, 3.63) is 51.2 Å². The Kier molecular flexibility index (Phi) is 4.04. The number of benzene rings is 1. The first-order valence-electron chi connectivity index (χ1n) is 6.03. The molecule has 1 unspecified atom stereocenters. The van der Waals surface area contributed by atoms with Gasteiger partial charge in [0.05, 0.1) is 13.2 Å². The molecule has 0 saturated heterocycles. The Morgan fingerprint density at radius 1 is 1.22 bits per heavy atom. The van der Waals surface area contributed by atoms with Gasteiger partial charge in [-0.15, -0.1) is 11.3 Å². The minimum absolute atomic E-state index is 0.258. The van der Waals surface area contributed by atoms with E-state index >= 15 is 0 Å². The van der Waals surface area contributed by atoms with Gasteiger partial charge in [0.1, 0.15) is 5.75 Å². The Hall–Kier alpha value is -1.32. The van der Waals surface area contributed by atoms with Gasteiger partial charge in [0.2, 0.25) is 0 Å². The molecular weight excluding hydrogens is 242 g/mol. The second-order valence-electron chi connectivity index (χ2n) is 4.43. The Morgan fingerprint density at radius 3 is 2.33 bits per heavy atom. The molecule has 96 valence electrons. The van der Waals surface area contributed by atoms with Crippen LogP contribution in [0.5, 0.6) is 5.75 Å². The van der Waals surface area contributed by atoms with Crippen LogP contribution in [0.4, 0.5) is 0 Å². The van der Waals surface area contributed by atoms with Crippen LogP contribution in [0.15, 0.2) is 29.6 Å². The zero-order valence-electron chi connectivity index (χ0n) is 11.3. The topological polar surface area (TPSA) is 21.3 Å². The first-order chi connectivity index (χ1) is 8.67. The fourth-order valence-electron chi connectivity index (χ4n) is 2.40. The third-order valence-electron chi connectivity index (χ3n) is 3.14. The molecule has 0 amide bonds. The largest absolute Gasteiger partial charge is 0.496 e. The van der Waals surface area contributed by atoms with Crippen molar-refractivity contribution < 1.29 is 4.74 Å². The maximum absolute atomic E-state index is 5.42. The summed E-state index contributed by atoms with van der Waals surface area (Å²) < 4.78 is 5.42. The molecule has 18 heavy (non-hydrogen) atoms. The number of hydrogen-bond acceptors (Lipinski definition) is 3. The van der Waals surface area contributed by atoms with Crippen molar-refractivity contribution in [3.63, 3.8) is 0 Å². The fourth-order valence-corrected chi connectivity index (χ4v) is 3.26. The molecule has 0 aliphatic carbocycles. The summed E-state index contributed by atoms with van der Waals surface area (Å²) >= 11 is 1.78. The van der Waals surface area contributed by atoms with Crippen molar-refractivity contribution in [1.82, 2.24) is 5.32 Å². The highest BCUT2D eigenvalue weighted by molar-refractivity contribution is 7.10. The average Bonchev–Trinajstić information content (AvgIpc) is 2.83. The Balaban J connectivity index is 2.44. The van der Waals surface area contributed by atoms with Gasteiger partial charge in [-0.25, -0.2) is 0 Å². The maximum Gasteiger partial charge on any atom is 0.124 e. The molecule has 2 rings (SSSR count). The van der Waals surface area contributed by atoms with Crippen LogP contribution in [0, 0.1) is 13.8 Å². The first-order valence-corrected chi connectivity index (χ1v) is 6.91. The Labute approximate surface area is 113 Å². The van der Waals surface area contributed by atoms with Gasteiger partial charge in [-0.1, -0.05) is 18.2 Å².